The molecular weight excluding hydrogens is 275 g/mol. The van der Waals surface area contributed by atoms with Gasteiger partial charge in [-0.2, -0.15) is 0 Å². The molecule has 1 aromatic rings. The smallest absolute Gasteiger partial charge is 0.327 e. The van der Waals surface area contributed by atoms with Crippen molar-refractivity contribution < 1.29 is 19.0 Å². The summed E-state index contributed by atoms with van der Waals surface area (Å²) in [4.78, 5) is 14.0. The number of benzene rings is 1. The fourth-order valence-corrected chi connectivity index (χ4v) is 2.10. The first-order valence-corrected chi connectivity index (χ1v) is 7.05. The number of rotatable bonds is 8. The minimum atomic E-state index is -0.888. The number of methoxy groups -OCH3 is 1. The number of phenols is 1. The maximum atomic E-state index is 13.3. The molecule has 0 saturated carbocycles. The predicted molar refractivity (Wildman–Crippen MR) is 78.6 cm³/mol. The van der Waals surface area contributed by atoms with Crippen molar-refractivity contribution in [1.29, 1.82) is 0 Å². The van der Waals surface area contributed by atoms with E-state index >= 15 is 0 Å². The highest BCUT2D eigenvalue weighted by Gasteiger charge is 2.24. The van der Waals surface area contributed by atoms with Crippen molar-refractivity contribution in [3.05, 3.63) is 29.6 Å². The molecule has 0 heterocycles. The second-order valence-electron chi connectivity index (χ2n) is 4.64. The molecule has 0 spiro atoms. The first-order chi connectivity index (χ1) is 10.0. The van der Waals surface area contributed by atoms with Gasteiger partial charge in [0.25, 0.3) is 0 Å². The van der Waals surface area contributed by atoms with E-state index in [-0.39, 0.29) is 11.3 Å². The van der Waals surface area contributed by atoms with Crippen molar-refractivity contribution in [2.75, 3.05) is 33.3 Å². The van der Waals surface area contributed by atoms with E-state index in [1.54, 1.807) is 0 Å². The molecule has 0 aliphatic heterocycles. The fraction of sp³-hybridized carbons (Fsp3) is 0.533. The quantitative estimate of drug-likeness (QED) is 0.715. The predicted octanol–water partition coefficient (Wildman–Crippen LogP) is 1.68. The zero-order valence-corrected chi connectivity index (χ0v) is 12.7. The molecule has 21 heavy (non-hydrogen) atoms. The standard InChI is InChI=1S/C15H23FN2O3/c1-4-18(5-2)9-8-17-14(15(20)21-3)12-10-11(16)6-7-13(12)19/h6-7,10,14,17,19H,4-5,8-9H2,1-3H3. The fourth-order valence-electron chi connectivity index (χ4n) is 2.10. The summed E-state index contributed by atoms with van der Waals surface area (Å²) in [6.45, 7) is 7.20. The first kappa shape index (κ1) is 17.4. The van der Waals surface area contributed by atoms with Crippen molar-refractivity contribution in [3.63, 3.8) is 0 Å². The summed E-state index contributed by atoms with van der Waals surface area (Å²) in [5, 5.41) is 12.8. The molecule has 1 aromatic carbocycles. The monoisotopic (exact) mass is 298 g/mol. The zero-order chi connectivity index (χ0) is 15.8. The Hall–Kier alpha value is -1.66. The van der Waals surface area contributed by atoms with Gasteiger partial charge in [-0.05, 0) is 31.3 Å². The van der Waals surface area contributed by atoms with Gasteiger partial charge in [0, 0.05) is 18.7 Å². The van der Waals surface area contributed by atoms with Crippen LogP contribution >= 0.6 is 0 Å². The van der Waals surface area contributed by atoms with Gasteiger partial charge in [-0.15, -0.1) is 0 Å². The Balaban J connectivity index is 2.81. The number of esters is 1. The van der Waals surface area contributed by atoms with Crippen LogP contribution in [0, 0.1) is 5.82 Å². The lowest BCUT2D eigenvalue weighted by atomic mass is 10.1. The van der Waals surface area contributed by atoms with Crippen LogP contribution in [0.1, 0.15) is 25.5 Å². The highest BCUT2D eigenvalue weighted by molar-refractivity contribution is 5.78. The van der Waals surface area contributed by atoms with Crippen LogP contribution in [0.25, 0.3) is 0 Å². The van der Waals surface area contributed by atoms with Gasteiger partial charge in [0.05, 0.1) is 7.11 Å². The van der Waals surface area contributed by atoms with Gasteiger partial charge < -0.3 is 14.7 Å². The Morgan fingerprint density at radius 3 is 2.67 bits per heavy atom. The highest BCUT2D eigenvalue weighted by atomic mass is 19.1. The summed E-state index contributed by atoms with van der Waals surface area (Å²) in [6.07, 6.45) is 0. The third-order valence-electron chi connectivity index (χ3n) is 3.41. The summed E-state index contributed by atoms with van der Waals surface area (Å²) in [6, 6.07) is 2.62. The molecule has 1 unspecified atom stereocenters. The van der Waals surface area contributed by atoms with E-state index in [1.807, 2.05) is 0 Å². The van der Waals surface area contributed by atoms with Crippen LogP contribution in [0.2, 0.25) is 0 Å². The second kappa shape index (κ2) is 8.59. The van der Waals surface area contributed by atoms with E-state index in [2.05, 4.69) is 24.1 Å². The molecular formula is C15H23FN2O3. The Bertz CT molecular complexity index is 464. The van der Waals surface area contributed by atoms with Crippen LogP contribution in [0.5, 0.6) is 5.75 Å². The average molecular weight is 298 g/mol. The third kappa shape index (κ3) is 4.99. The lowest BCUT2D eigenvalue weighted by Gasteiger charge is -2.22. The van der Waals surface area contributed by atoms with E-state index in [4.69, 9.17) is 4.74 Å². The molecule has 0 amide bonds. The van der Waals surface area contributed by atoms with Gasteiger partial charge in [0.15, 0.2) is 0 Å². The van der Waals surface area contributed by atoms with Crippen molar-refractivity contribution in [3.8, 4) is 5.75 Å². The number of carbonyl (C=O) groups excluding carboxylic acids is 1. The second-order valence-corrected chi connectivity index (χ2v) is 4.64. The van der Waals surface area contributed by atoms with E-state index in [9.17, 15) is 14.3 Å². The first-order valence-electron chi connectivity index (χ1n) is 7.05. The number of nitrogens with one attached hydrogen (secondary N) is 1. The SMILES string of the molecule is CCN(CC)CCNC(C(=O)OC)c1cc(F)ccc1O. The van der Waals surface area contributed by atoms with Crippen LogP contribution in [0.3, 0.4) is 0 Å². The maximum absolute atomic E-state index is 13.3. The van der Waals surface area contributed by atoms with Gasteiger partial charge in [0.2, 0.25) is 0 Å². The largest absolute Gasteiger partial charge is 0.508 e. The third-order valence-corrected chi connectivity index (χ3v) is 3.41. The molecule has 0 bridgehead atoms. The Morgan fingerprint density at radius 1 is 1.43 bits per heavy atom. The van der Waals surface area contributed by atoms with Crippen molar-refractivity contribution in [2.24, 2.45) is 0 Å². The van der Waals surface area contributed by atoms with Crippen molar-refractivity contribution in [1.82, 2.24) is 10.2 Å². The molecule has 6 heteroatoms. The van der Waals surface area contributed by atoms with E-state index in [1.165, 1.54) is 13.2 Å². The molecule has 0 aromatic heterocycles. The Labute approximate surface area is 124 Å². The summed E-state index contributed by atoms with van der Waals surface area (Å²) < 4.78 is 18.1. The van der Waals surface area contributed by atoms with Crippen LogP contribution in [0.15, 0.2) is 18.2 Å². The van der Waals surface area contributed by atoms with Gasteiger partial charge >= 0.3 is 5.97 Å². The van der Waals surface area contributed by atoms with Crippen molar-refractivity contribution >= 4 is 5.97 Å². The summed E-state index contributed by atoms with van der Waals surface area (Å²) in [5.74, 6) is -1.21. The van der Waals surface area contributed by atoms with Gasteiger partial charge in [-0.1, -0.05) is 13.8 Å². The number of halogens is 1. The minimum absolute atomic E-state index is 0.137. The molecule has 0 aliphatic carbocycles. The summed E-state index contributed by atoms with van der Waals surface area (Å²) in [5.41, 5.74) is 0.182. The molecule has 118 valence electrons. The number of aromatic hydroxyl groups is 1. The van der Waals surface area contributed by atoms with E-state index < -0.39 is 17.8 Å². The number of phenolic OH excluding ortho intramolecular Hbond substituents is 1. The van der Waals surface area contributed by atoms with Crippen LogP contribution < -0.4 is 5.32 Å². The van der Waals surface area contributed by atoms with Gasteiger partial charge in [0.1, 0.15) is 17.6 Å². The van der Waals surface area contributed by atoms with Gasteiger partial charge in [-0.3, -0.25) is 5.32 Å². The molecule has 0 fully saturated rings. The maximum Gasteiger partial charge on any atom is 0.327 e. The highest BCUT2D eigenvalue weighted by Crippen LogP contribution is 2.25. The Morgan fingerprint density at radius 2 is 2.10 bits per heavy atom. The number of hydrogen-bond donors (Lipinski definition) is 2. The van der Waals surface area contributed by atoms with E-state index in [0.717, 1.165) is 31.8 Å². The zero-order valence-electron chi connectivity index (χ0n) is 12.7. The topological polar surface area (TPSA) is 61.8 Å². The lowest BCUT2D eigenvalue weighted by molar-refractivity contribution is -0.143. The van der Waals surface area contributed by atoms with Crippen LogP contribution in [0.4, 0.5) is 4.39 Å². The molecule has 0 radical (unpaired) electrons. The lowest BCUT2D eigenvalue weighted by Crippen LogP contribution is -2.36. The minimum Gasteiger partial charge on any atom is -0.508 e. The van der Waals surface area contributed by atoms with Crippen LogP contribution in [-0.4, -0.2) is 49.3 Å². The van der Waals surface area contributed by atoms with Gasteiger partial charge in [-0.25, -0.2) is 9.18 Å². The molecule has 5 nitrogen and oxygen atoms in total. The molecule has 1 atom stereocenters. The van der Waals surface area contributed by atoms with Crippen molar-refractivity contribution in [2.45, 2.75) is 19.9 Å². The molecule has 0 aliphatic rings. The Kier molecular flexibility index (Phi) is 7.11. The average Bonchev–Trinajstić information content (AvgIpc) is 2.49. The normalized spacial score (nSPS) is 12.4. The summed E-state index contributed by atoms with van der Waals surface area (Å²) in [7, 11) is 1.26. The molecule has 1 rings (SSSR count). The van der Waals surface area contributed by atoms with Crippen LogP contribution in [-0.2, 0) is 9.53 Å². The number of nitrogens with zero attached hydrogens (tertiary/aromatic N) is 1. The van der Waals surface area contributed by atoms with E-state index in [0.29, 0.717) is 6.54 Å². The number of carbonyl (C=O) groups is 1. The number of hydrogen-bond acceptors (Lipinski definition) is 5. The number of likely N-dealkylation sites (N-methyl/N-ethyl adjacent to an activating group) is 1. The molecule has 2 N–H and O–H groups in total. The summed E-state index contributed by atoms with van der Waals surface area (Å²) >= 11 is 0. The number of ether oxygens (including phenoxy) is 1. The molecule has 0 saturated heterocycles.